The minimum absolute atomic E-state index is 0.0437. The SMILES string of the molecule is CC(C)C(F)CN1CCC(C(=O)O)CC1. The van der Waals surface area contributed by atoms with E-state index in [4.69, 9.17) is 5.11 Å². The van der Waals surface area contributed by atoms with Gasteiger partial charge in [-0.1, -0.05) is 13.8 Å². The summed E-state index contributed by atoms with van der Waals surface area (Å²) in [6.45, 7) is 5.61. The number of halogens is 1. The van der Waals surface area contributed by atoms with Crippen molar-refractivity contribution >= 4 is 5.97 Å². The molecule has 1 heterocycles. The zero-order chi connectivity index (χ0) is 11.4. The van der Waals surface area contributed by atoms with E-state index in [0.29, 0.717) is 32.5 Å². The normalized spacial score (nSPS) is 21.9. The number of carboxylic acid groups (broad SMARTS) is 1. The summed E-state index contributed by atoms with van der Waals surface area (Å²) in [5.41, 5.74) is 0. The van der Waals surface area contributed by atoms with Crippen molar-refractivity contribution in [1.82, 2.24) is 4.90 Å². The maximum atomic E-state index is 13.4. The van der Waals surface area contributed by atoms with Crippen LogP contribution in [0.25, 0.3) is 0 Å². The summed E-state index contributed by atoms with van der Waals surface area (Å²) in [4.78, 5) is 12.7. The van der Waals surface area contributed by atoms with Crippen molar-refractivity contribution in [3.63, 3.8) is 0 Å². The topological polar surface area (TPSA) is 40.5 Å². The minimum Gasteiger partial charge on any atom is -0.481 e. The van der Waals surface area contributed by atoms with E-state index in [9.17, 15) is 9.18 Å². The number of alkyl halides is 1. The van der Waals surface area contributed by atoms with Crippen LogP contribution in [0.4, 0.5) is 4.39 Å². The molecule has 88 valence electrons. The Kier molecular flexibility index (Phi) is 4.51. The molecule has 0 bridgehead atoms. The van der Waals surface area contributed by atoms with Gasteiger partial charge in [0.2, 0.25) is 0 Å². The molecular weight excluding hydrogens is 197 g/mol. The molecule has 1 rings (SSSR count). The summed E-state index contributed by atoms with van der Waals surface area (Å²) in [6.07, 6.45) is 0.506. The number of aliphatic carboxylic acids is 1. The Labute approximate surface area is 90.3 Å². The number of nitrogens with zero attached hydrogens (tertiary/aromatic N) is 1. The molecule has 0 radical (unpaired) electrons. The number of hydrogen-bond acceptors (Lipinski definition) is 2. The van der Waals surface area contributed by atoms with Gasteiger partial charge in [-0.15, -0.1) is 0 Å². The van der Waals surface area contributed by atoms with Crippen LogP contribution in [0.3, 0.4) is 0 Å². The lowest BCUT2D eigenvalue weighted by Gasteiger charge is -2.31. The number of likely N-dealkylation sites (tertiary alicyclic amines) is 1. The van der Waals surface area contributed by atoms with E-state index in [1.54, 1.807) is 0 Å². The van der Waals surface area contributed by atoms with Crippen LogP contribution >= 0.6 is 0 Å². The van der Waals surface area contributed by atoms with Gasteiger partial charge in [0.1, 0.15) is 6.17 Å². The van der Waals surface area contributed by atoms with Crippen LogP contribution in [0, 0.1) is 11.8 Å². The first-order valence-electron chi connectivity index (χ1n) is 5.60. The molecule has 0 aliphatic carbocycles. The first-order valence-corrected chi connectivity index (χ1v) is 5.60. The maximum absolute atomic E-state index is 13.4. The van der Waals surface area contributed by atoms with E-state index in [1.165, 1.54) is 0 Å². The van der Waals surface area contributed by atoms with Crippen LogP contribution in [0.15, 0.2) is 0 Å². The molecule has 1 fully saturated rings. The summed E-state index contributed by atoms with van der Waals surface area (Å²) < 4.78 is 13.4. The molecule has 0 aromatic heterocycles. The quantitative estimate of drug-likeness (QED) is 0.780. The molecule has 1 N–H and O–H groups in total. The fourth-order valence-corrected chi connectivity index (χ4v) is 1.82. The van der Waals surface area contributed by atoms with E-state index in [0.717, 1.165) is 0 Å². The van der Waals surface area contributed by atoms with Crippen LogP contribution in [-0.4, -0.2) is 41.8 Å². The van der Waals surface area contributed by atoms with Gasteiger partial charge >= 0.3 is 5.97 Å². The van der Waals surface area contributed by atoms with Gasteiger partial charge in [0, 0.05) is 6.54 Å². The Morgan fingerprint density at radius 3 is 2.40 bits per heavy atom. The third-order valence-corrected chi connectivity index (χ3v) is 3.09. The Morgan fingerprint density at radius 1 is 1.47 bits per heavy atom. The average Bonchev–Trinajstić information content (AvgIpc) is 2.18. The maximum Gasteiger partial charge on any atom is 0.306 e. The summed E-state index contributed by atoms with van der Waals surface area (Å²) in [6, 6.07) is 0. The molecule has 0 amide bonds. The fraction of sp³-hybridized carbons (Fsp3) is 0.909. The summed E-state index contributed by atoms with van der Waals surface area (Å²) in [7, 11) is 0. The molecule has 1 aliphatic heterocycles. The second-order valence-electron chi connectivity index (χ2n) is 4.67. The van der Waals surface area contributed by atoms with E-state index in [-0.39, 0.29) is 11.8 Å². The van der Waals surface area contributed by atoms with E-state index in [2.05, 4.69) is 0 Å². The molecular formula is C11H20FNO2. The molecule has 1 atom stereocenters. The Bertz CT molecular complexity index is 213. The fourth-order valence-electron chi connectivity index (χ4n) is 1.82. The third kappa shape index (κ3) is 3.78. The van der Waals surface area contributed by atoms with E-state index in [1.807, 2.05) is 18.7 Å². The highest BCUT2D eigenvalue weighted by Crippen LogP contribution is 2.19. The molecule has 0 aromatic rings. The van der Waals surface area contributed by atoms with Gasteiger partial charge < -0.3 is 10.0 Å². The second-order valence-corrected chi connectivity index (χ2v) is 4.67. The predicted octanol–water partition coefficient (Wildman–Crippen LogP) is 1.78. The second kappa shape index (κ2) is 5.45. The molecule has 1 unspecified atom stereocenters. The van der Waals surface area contributed by atoms with Crippen molar-refractivity contribution in [2.24, 2.45) is 11.8 Å². The van der Waals surface area contributed by atoms with Gasteiger partial charge in [-0.3, -0.25) is 4.79 Å². The Balaban J connectivity index is 2.28. The zero-order valence-corrected chi connectivity index (χ0v) is 9.45. The highest BCUT2D eigenvalue weighted by Gasteiger charge is 2.26. The molecule has 1 aliphatic rings. The molecule has 0 saturated carbocycles. The average molecular weight is 217 g/mol. The summed E-state index contributed by atoms with van der Waals surface area (Å²) >= 11 is 0. The first-order chi connectivity index (χ1) is 7.00. The van der Waals surface area contributed by atoms with Gasteiger partial charge in [-0.2, -0.15) is 0 Å². The van der Waals surface area contributed by atoms with Crippen molar-refractivity contribution < 1.29 is 14.3 Å². The number of rotatable bonds is 4. The Morgan fingerprint density at radius 2 is 2.00 bits per heavy atom. The van der Waals surface area contributed by atoms with Gasteiger partial charge in [0.05, 0.1) is 5.92 Å². The van der Waals surface area contributed by atoms with Crippen molar-refractivity contribution in [2.75, 3.05) is 19.6 Å². The number of carbonyl (C=O) groups is 1. The van der Waals surface area contributed by atoms with E-state index >= 15 is 0 Å². The first kappa shape index (κ1) is 12.4. The van der Waals surface area contributed by atoms with Gasteiger partial charge in [-0.25, -0.2) is 4.39 Å². The smallest absolute Gasteiger partial charge is 0.306 e. The van der Waals surface area contributed by atoms with Crippen LogP contribution in [0.2, 0.25) is 0 Å². The minimum atomic E-state index is -0.800. The molecule has 0 aromatic carbocycles. The summed E-state index contributed by atoms with van der Waals surface area (Å²) in [5, 5.41) is 8.80. The standard InChI is InChI=1S/C11H20FNO2/c1-8(2)10(12)7-13-5-3-9(4-6-13)11(14)15/h8-10H,3-7H2,1-2H3,(H,14,15). The third-order valence-electron chi connectivity index (χ3n) is 3.09. The number of piperidine rings is 1. The molecule has 4 heteroatoms. The van der Waals surface area contributed by atoms with Gasteiger partial charge in [-0.05, 0) is 31.8 Å². The van der Waals surface area contributed by atoms with Gasteiger partial charge in [0.25, 0.3) is 0 Å². The zero-order valence-electron chi connectivity index (χ0n) is 9.45. The highest BCUT2D eigenvalue weighted by atomic mass is 19.1. The van der Waals surface area contributed by atoms with Crippen LogP contribution in [-0.2, 0) is 4.79 Å². The lowest BCUT2D eigenvalue weighted by atomic mass is 9.96. The molecule has 1 saturated heterocycles. The Hall–Kier alpha value is -0.640. The van der Waals surface area contributed by atoms with Crippen molar-refractivity contribution in [3.8, 4) is 0 Å². The van der Waals surface area contributed by atoms with Crippen molar-refractivity contribution in [2.45, 2.75) is 32.9 Å². The van der Waals surface area contributed by atoms with Crippen LogP contribution in [0.1, 0.15) is 26.7 Å². The summed E-state index contributed by atoms with van der Waals surface area (Å²) in [5.74, 6) is -0.893. The highest BCUT2D eigenvalue weighted by molar-refractivity contribution is 5.70. The van der Waals surface area contributed by atoms with Crippen LogP contribution in [0.5, 0.6) is 0 Å². The molecule has 3 nitrogen and oxygen atoms in total. The lowest BCUT2D eigenvalue weighted by Crippen LogP contribution is -2.40. The molecule has 15 heavy (non-hydrogen) atoms. The molecule has 0 spiro atoms. The van der Waals surface area contributed by atoms with Crippen molar-refractivity contribution in [1.29, 1.82) is 0 Å². The monoisotopic (exact) mass is 217 g/mol. The van der Waals surface area contributed by atoms with E-state index < -0.39 is 12.1 Å². The lowest BCUT2D eigenvalue weighted by molar-refractivity contribution is -0.143. The van der Waals surface area contributed by atoms with Crippen molar-refractivity contribution in [3.05, 3.63) is 0 Å². The van der Waals surface area contributed by atoms with Gasteiger partial charge in [0.15, 0.2) is 0 Å². The largest absolute Gasteiger partial charge is 0.481 e. The number of carboxylic acids is 1. The predicted molar refractivity (Wildman–Crippen MR) is 56.5 cm³/mol. The van der Waals surface area contributed by atoms with Crippen LogP contribution < -0.4 is 0 Å². The number of hydrogen-bond donors (Lipinski definition) is 1.